The second kappa shape index (κ2) is 4.94. The molecule has 4 nitrogen and oxygen atoms in total. The van der Waals surface area contributed by atoms with E-state index in [2.05, 4.69) is 13.8 Å². The molecule has 1 aliphatic heterocycles. The van der Waals surface area contributed by atoms with Crippen molar-refractivity contribution in [2.75, 3.05) is 13.6 Å². The summed E-state index contributed by atoms with van der Waals surface area (Å²) in [5.74, 6) is 0.968. The molecule has 0 bridgehead atoms. The molecular formula is C13H16N2O2S. The maximum absolute atomic E-state index is 12.3. The number of thiocarbonyl (C=S) groups is 1. The van der Waals surface area contributed by atoms with Crippen LogP contribution in [-0.4, -0.2) is 34.4 Å². The van der Waals surface area contributed by atoms with E-state index in [1.807, 2.05) is 6.07 Å². The van der Waals surface area contributed by atoms with Crippen molar-refractivity contribution < 1.29 is 9.21 Å². The lowest BCUT2D eigenvalue weighted by Gasteiger charge is -2.18. The van der Waals surface area contributed by atoms with Crippen LogP contribution in [0.15, 0.2) is 28.5 Å². The Labute approximate surface area is 112 Å². The standard InChI is InChI=1S/C13H16N2O2S/c1-9(2)8-15-12(16)11(14(3)13(15)18)7-10-5-4-6-17-10/h4-7,9H,8H2,1-3H3/b11-7+. The molecule has 5 heteroatoms. The van der Waals surface area contributed by atoms with Crippen LogP contribution >= 0.6 is 12.2 Å². The van der Waals surface area contributed by atoms with E-state index in [0.717, 1.165) is 0 Å². The van der Waals surface area contributed by atoms with Gasteiger partial charge in [-0.25, -0.2) is 0 Å². The van der Waals surface area contributed by atoms with Crippen molar-refractivity contribution in [3.8, 4) is 0 Å². The lowest BCUT2D eigenvalue weighted by Crippen LogP contribution is -2.34. The Morgan fingerprint density at radius 3 is 2.78 bits per heavy atom. The first kappa shape index (κ1) is 12.8. The van der Waals surface area contributed by atoms with Crippen LogP contribution in [0.2, 0.25) is 0 Å². The zero-order valence-corrected chi connectivity index (χ0v) is 11.5. The fraction of sp³-hybridized carbons (Fsp3) is 0.385. The molecule has 1 saturated heterocycles. The third kappa shape index (κ3) is 2.31. The Balaban J connectivity index is 2.28. The largest absolute Gasteiger partial charge is 0.465 e. The van der Waals surface area contributed by atoms with Gasteiger partial charge in [0.15, 0.2) is 5.11 Å². The minimum atomic E-state index is -0.0624. The van der Waals surface area contributed by atoms with Crippen LogP contribution in [0.3, 0.4) is 0 Å². The Hall–Kier alpha value is -1.62. The Kier molecular flexibility index (Phi) is 3.52. The normalized spacial score (nSPS) is 18.6. The molecule has 0 saturated carbocycles. The van der Waals surface area contributed by atoms with E-state index >= 15 is 0 Å². The third-order valence-corrected chi connectivity index (χ3v) is 3.21. The first-order valence-electron chi connectivity index (χ1n) is 5.85. The van der Waals surface area contributed by atoms with Crippen LogP contribution in [0.5, 0.6) is 0 Å². The zero-order chi connectivity index (χ0) is 13.3. The fourth-order valence-corrected chi connectivity index (χ4v) is 2.10. The van der Waals surface area contributed by atoms with Crippen molar-refractivity contribution in [1.82, 2.24) is 9.80 Å². The number of furan rings is 1. The maximum atomic E-state index is 12.3. The highest BCUT2D eigenvalue weighted by atomic mass is 32.1. The van der Waals surface area contributed by atoms with E-state index < -0.39 is 0 Å². The van der Waals surface area contributed by atoms with Gasteiger partial charge in [-0.05, 0) is 30.3 Å². The van der Waals surface area contributed by atoms with Gasteiger partial charge in [0.05, 0.1) is 6.26 Å². The quantitative estimate of drug-likeness (QED) is 0.620. The number of rotatable bonds is 3. The number of carbonyl (C=O) groups excluding carboxylic acids is 1. The van der Waals surface area contributed by atoms with E-state index in [1.54, 1.807) is 35.3 Å². The predicted octanol–water partition coefficient (Wildman–Crippen LogP) is 2.34. The number of hydrogen-bond acceptors (Lipinski definition) is 3. The number of nitrogens with zero attached hydrogens (tertiary/aromatic N) is 2. The second-order valence-corrected chi connectivity index (χ2v) is 5.06. The Morgan fingerprint density at radius 1 is 1.50 bits per heavy atom. The molecule has 2 heterocycles. The van der Waals surface area contributed by atoms with E-state index in [-0.39, 0.29) is 5.91 Å². The van der Waals surface area contributed by atoms with E-state index in [1.165, 1.54) is 0 Å². The molecule has 96 valence electrons. The molecule has 0 radical (unpaired) electrons. The van der Waals surface area contributed by atoms with Gasteiger partial charge in [0.2, 0.25) is 0 Å². The van der Waals surface area contributed by atoms with Crippen LogP contribution in [-0.2, 0) is 4.79 Å². The van der Waals surface area contributed by atoms with Gasteiger partial charge < -0.3 is 9.32 Å². The molecule has 1 aromatic rings. The van der Waals surface area contributed by atoms with Crippen LogP contribution in [0.1, 0.15) is 19.6 Å². The van der Waals surface area contributed by atoms with Gasteiger partial charge in [-0.15, -0.1) is 0 Å². The molecule has 1 fully saturated rings. The monoisotopic (exact) mass is 264 g/mol. The summed E-state index contributed by atoms with van der Waals surface area (Å²) in [6.45, 7) is 4.76. The first-order chi connectivity index (χ1) is 8.50. The summed E-state index contributed by atoms with van der Waals surface area (Å²) in [5.41, 5.74) is 0.551. The molecule has 0 aromatic carbocycles. The minimum Gasteiger partial charge on any atom is -0.465 e. The first-order valence-corrected chi connectivity index (χ1v) is 6.26. The molecule has 0 N–H and O–H groups in total. The molecule has 1 aliphatic rings. The van der Waals surface area contributed by atoms with E-state index in [9.17, 15) is 4.79 Å². The van der Waals surface area contributed by atoms with Crippen LogP contribution in [0, 0.1) is 5.92 Å². The molecule has 0 spiro atoms. The van der Waals surface area contributed by atoms with Gasteiger partial charge in [-0.1, -0.05) is 13.8 Å². The molecule has 0 unspecified atom stereocenters. The topological polar surface area (TPSA) is 36.7 Å². The summed E-state index contributed by atoms with van der Waals surface area (Å²) < 4.78 is 5.23. The maximum Gasteiger partial charge on any atom is 0.276 e. The smallest absolute Gasteiger partial charge is 0.276 e. The van der Waals surface area contributed by atoms with E-state index in [0.29, 0.717) is 29.0 Å². The summed E-state index contributed by atoms with van der Waals surface area (Å²) in [7, 11) is 1.80. The van der Waals surface area contributed by atoms with Crippen LogP contribution in [0.25, 0.3) is 6.08 Å². The summed E-state index contributed by atoms with van der Waals surface area (Å²) >= 11 is 5.29. The lowest BCUT2D eigenvalue weighted by atomic mass is 10.2. The van der Waals surface area contributed by atoms with Gasteiger partial charge >= 0.3 is 0 Å². The number of carbonyl (C=O) groups is 1. The molecule has 1 amide bonds. The van der Waals surface area contributed by atoms with Crippen LogP contribution < -0.4 is 0 Å². The van der Waals surface area contributed by atoms with E-state index in [4.69, 9.17) is 16.6 Å². The lowest BCUT2D eigenvalue weighted by molar-refractivity contribution is -0.122. The highest BCUT2D eigenvalue weighted by molar-refractivity contribution is 7.80. The van der Waals surface area contributed by atoms with Crippen molar-refractivity contribution >= 4 is 29.3 Å². The second-order valence-electron chi connectivity index (χ2n) is 4.70. The summed E-state index contributed by atoms with van der Waals surface area (Å²) in [4.78, 5) is 15.6. The number of likely N-dealkylation sites (N-methyl/N-ethyl adjacent to an activating group) is 1. The average Bonchev–Trinajstić information content (AvgIpc) is 2.88. The van der Waals surface area contributed by atoms with Crippen molar-refractivity contribution in [3.05, 3.63) is 29.9 Å². The summed E-state index contributed by atoms with van der Waals surface area (Å²) in [6, 6.07) is 3.60. The summed E-state index contributed by atoms with van der Waals surface area (Å²) in [5, 5.41) is 0.548. The molecule has 0 aliphatic carbocycles. The van der Waals surface area contributed by atoms with Crippen molar-refractivity contribution in [3.63, 3.8) is 0 Å². The molecule has 18 heavy (non-hydrogen) atoms. The molecule has 2 rings (SSSR count). The van der Waals surface area contributed by atoms with Crippen molar-refractivity contribution in [2.24, 2.45) is 5.92 Å². The Morgan fingerprint density at radius 2 is 2.22 bits per heavy atom. The van der Waals surface area contributed by atoms with Crippen molar-refractivity contribution in [1.29, 1.82) is 0 Å². The predicted molar refractivity (Wildman–Crippen MR) is 73.6 cm³/mol. The SMILES string of the molecule is CC(C)CN1C(=O)/C(=C\c2ccco2)N(C)C1=S. The minimum absolute atomic E-state index is 0.0624. The van der Waals surface area contributed by atoms with Gasteiger partial charge in [0, 0.05) is 19.7 Å². The van der Waals surface area contributed by atoms with Crippen molar-refractivity contribution in [2.45, 2.75) is 13.8 Å². The highest BCUT2D eigenvalue weighted by Crippen LogP contribution is 2.23. The third-order valence-electron chi connectivity index (χ3n) is 2.71. The molecule has 1 aromatic heterocycles. The zero-order valence-electron chi connectivity index (χ0n) is 10.7. The van der Waals surface area contributed by atoms with Crippen LogP contribution in [0.4, 0.5) is 0 Å². The average molecular weight is 264 g/mol. The number of hydrogen-bond donors (Lipinski definition) is 0. The highest BCUT2D eigenvalue weighted by Gasteiger charge is 2.35. The van der Waals surface area contributed by atoms with Gasteiger partial charge in [0.25, 0.3) is 5.91 Å². The van der Waals surface area contributed by atoms with Gasteiger partial charge in [0.1, 0.15) is 11.5 Å². The Bertz CT molecular complexity index is 491. The molecular weight excluding hydrogens is 248 g/mol. The number of amides is 1. The summed E-state index contributed by atoms with van der Waals surface area (Å²) in [6.07, 6.45) is 3.30. The fourth-order valence-electron chi connectivity index (χ4n) is 1.85. The molecule has 0 atom stereocenters. The van der Waals surface area contributed by atoms with Gasteiger partial charge in [-0.3, -0.25) is 9.69 Å². The van der Waals surface area contributed by atoms with Gasteiger partial charge in [-0.2, -0.15) is 0 Å².